The first-order chi connectivity index (χ1) is 27.4. The third-order valence-electron chi connectivity index (χ3n) is 11.2. The lowest BCUT2D eigenvalue weighted by Gasteiger charge is -2.31. The maximum Gasteiger partial charge on any atom is 0.407 e. The summed E-state index contributed by atoms with van der Waals surface area (Å²) in [5.41, 5.74) is 4.44. The van der Waals surface area contributed by atoms with Gasteiger partial charge in [-0.15, -0.1) is 0 Å². The summed E-state index contributed by atoms with van der Waals surface area (Å²) >= 11 is 0. The number of fused-ring (bicyclic) bond motifs is 2. The summed E-state index contributed by atoms with van der Waals surface area (Å²) in [5, 5.41) is 6.93. The van der Waals surface area contributed by atoms with Crippen molar-refractivity contribution in [3.8, 4) is 22.5 Å². The lowest BCUT2D eigenvalue weighted by molar-refractivity contribution is -0.136. The molecule has 2 aliphatic heterocycles. The number of aromatic nitrogens is 5. The van der Waals surface area contributed by atoms with E-state index in [4.69, 9.17) is 14.5 Å². The van der Waals surface area contributed by atoms with Crippen LogP contribution in [-0.4, -0.2) is 92.0 Å². The minimum Gasteiger partial charge on any atom is -0.483 e. The zero-order chi connectivity index (χ0) is 40.5. The second-order valence-corrected chi connectivity index (χ2v) is 15.6. The number of likely N-dealkylation sites (tertiary alicyclic amines) is 2. The summed E-state index contributed by atoms with van der Waals surface area (Å²) in [6, 6.07) is 9.61. The highest BCUT2D eigenvalue weighted by Crippen LogP contribution is 2.35. The SMILES string of the molecule is C=C(N[C@H](C(=O)N1CCC[C@H]1c1ncc(-c2ccc3c(=O)c4ccc(-c5cnc([C@@H]6CCCN6C(=O)[C@@H](NC(=O)OC)C(C)C)[nH]5)cc4[nH]c3c2)[nH]1)C(C)C)OC. The number of imidazole rings is 2. The quantitative estimate of drug-likeness (QED) is 0.0759. The molecule has 3 aromatic heterocycles. The molecule has 0 unspecified atom stereocenters. The molecule has 5 heterocycles. The predicted octanol–water partition coefficient (Wildman–Crippen LogP) is 5.90. The van der Waals surface area contributed by atoms with Crippen LogP contribution in [0.4, 0.5) is 4.79 Å². The minimum absolute atomic E-state index is 0.0173. The molecule has 0 radical (unpaired) electrons. The number of hydrogen-bond donors (Lipinski definition) is 5. The molecule has 2 aromatic carbocycles. The van der Waals surface area contributed by atoms with Crippen LogP contribution in [0, 0.1) is 11.8 Å². The predicted molar refractivity (Wildman–Crippen MR) is 217 cm³/mol. The molecule has 0 bridgehead atoms. The number of methoxy groups -OCH3 is 2. The average Bonchev–Trinajstić information content (AvgIpc) is 4.04. The molecule has 5 N–H and O–H groups in total. The minimum atomic E-state index is -0.725. The van der Waals surface area contributed by atoms with Crippen molar-refractivity contribution in [3.63, 3.8) is 0 Å². The molecule has 15 heteroatoms. The highest BCUT2D eigenvalue weighted by molar-refractivity contribution is 5.95. The summed E-state index contributed by atoms with van der Waals surface area (Å²) < 4.78 is 9.96. The first-order valence-electron chi connectivity index (χ1n) is 19.5. The van der Waals surface area contributed by atoms with Gasteiger partial charge in [-0.2, -0.15) is 0 Å². The number of amides is 3. The van der Waals surface area contributed by atoms with Gasteiger partial charge in [-0.25, -0.2) is 14.8 Å². The number of carbonyl (C=O) groups is 3. The number of carbonyl (C=O) groups excluding carboxylic acids is 3. The number of benzene rings is 2. The zero-order valence-corrected chi connectivity index (χ0v) is 33.3. The lowest BCUT2D eigenvalue weighted by Crippen LogP contribution is -2.51. The Hall–Kier alpha value is -6.12. The first kappa shape index (κ1) is 39.1. The van der Waals surface area contributed by atoms with Gasteiger partial charge in [0.2, 0.25) is 11.8 Å². The summed E-state index contributed by atoms with van der Waals surface area (Å²) in [6.45, 7) is 12.8. The van der Waals surface area contributed by atoms with E-state index in [9.17, 15) is 19.2 Å². The van der Waals surface area contributed by atoms with Gasteiger partial charge in [0, 0.05) is 35.0 Å². The van der Waals surface area contributed by atoms with E-state index in [1.165, 1.54) is 14.2 Å². The lowest BCUT2D eigenvalue weighted by atomic mass is 10.0. The van der Waals surface area contributed by atoms with Gasteiger partial charge in [-0.1, -0.05) is 39.8 Å². The maximum atomic E-state index is 13.7. The van der Waals surface area contributed by atoms with Crippen molar-refractivity contribution in [1.29, 1.82) is 0 Å². The van der Waals surface area contributed by atoms with Crippen molar-refractivity contribution in [2.45, 2.75) is 77.5 Å². The van der Waals surface area contributed by atoms with Crippen LogP contribution in [-0.2, 0) is 19.1 Å². The molecule has 7 rings (SSSR count). The molecule has 15 nitrogen and oxygen atoms in total. The molecule has 0 saturated carbocycles. The Morgan fingerprint density at radius 3 is 1.65 bits per heavy atom. The van der Waals surface area contributed by atoms with E-state index in [-0.39, 0.29) is 41.2 Å². The van der Waals surface area contributed by atoms with Crippen LogP contribution < -0.4 is 16.1 Å². The molecule has 2 fully saturated rings. The summed E-state index contributed by atoms with van der Waals surface area (Å²) in [6.07, 6.45) is 6.06. The van der Waals surface area contributed by atoms with Gasteiger partial charge in [-0.3, -0.25) is 14.4 Å². The van der Waals surface area contributed by atoms with E-state index < -0.39 is 18.2 Å². The Kier molecular flexibility index (Phi) is 11.1. The molecule has 300 valence electrons. The smallest absolute Gasteiger partial charge is 0.407 e. The Morgan fingerprint density at radius 1 is 0.737 bits per heavy atom. The molecule has 0 spiro atoms. The third kappa shape index (κ3) is 7.70. The molecule has 0 aliphatic carbocycles. The maximum absolute atomic E-state index is 13.7. The molecule has 3 amide bonds. The topological polar surface area (TPSA) is 190 Å². The molecular weight excluding hydrogens is 727 g/mol. The van der Waals surface area contributed by atoms with Crippen molar-refractivity contribution in [1.82, 2.24) is 45.4 Å². The fourth-order valence-electron chi connectivity index (χ4n) is 8.05. The monoisotopic (exact) mass is 777 g/mol. The van der Waals surface area contributed by atoms with E-state index >= 15 is 0 Å². The molecule has 2 saturated heterocycles. The van der Waals surface area contributed by atoms with Crippen LogP contribution in [0.3, 0.4) is 0 Å². The van der Waals surface area contributed by atoms with Gasteiger partial charge in [0.05, 0.1) is 61.1 Å². The standard InChI is InChI=1S/C42H51N9O6/c1-22(2)35(45-24(5)56-6)40(53)50-16-8-10-33(50)38-43-20-31(47-38)25-12-14-27-29(18-25)46-30-19-26(13-15-28(30)37(27)52)32-21-44-39(48-32)34-11-9-17-51(34)41(54)36(23(3)4)49-42(55)57-7/h12-15,18-23,33-36,45H,5,8-11,16-17H2,1-4,6-7H3,(H,43,47)(H,44,48)(H,46,52)(H,49,55)/t33-,34-,35-,36-/m0/s1. The Morgan fingerprint density at radius 2 is 1.21 bits per heavy atom. The highest BCUT2D eigenvalue weighted by atomic mass is 16.5. The summed E-state index contributed by atoms with van der Waals surface area (Å²) in [7, 11) is 2.80. The average molecular weight is 778 g/mol. The normalized spacial score (nSPS) is 18.0. The number of nitrogens with one attached hydrogen (secondary N) is 5. The molecule has 4 atom stereocenters. The van der Waals surface area contributed by atoms with E-state index in [0.717, 1.165) is 48.2 Å². The largest absolute Gasteiger partial charge is 0.483 e. The van der Waals surface area contributed by atoms with Crippen LogP contribution in [0.5, 0.6) is 0 Å². The van der Waals surface area contributed by atoms with E-state index in [2.05, 4.69) is 37.1 Å². The van der Waals surface area contributed by atoms with Crippen molar-refractivity contribution >= 4 is 39.7 Å². The van der Waals surface area contributed by atoms with Crippen LogP contribution >= 0.6 is 0 Å². The van der Waals surface area contributed by atoms with E-state index in [1.807, 2.05) is 69.0 Å². The number of rotatable bonds is 12. The van der Waals surface area contributed by atoms with Crippen molar-refractivity contribution in [3.05, 3.63) is 83.1 Å². The van der Waals surface area contributed by atoms with Crippen molar-refractivity contribution in [2.24, 2.45) is 11.8 Å². The number of aromatic amines is 3. The van der Waals surface area contributed by atoms with Crippen LogP contribution in [0.1, 0.15) is 77.1 Å². The number of alkyl carbamates (subject to hydrolysis) is 1. The first-order valence-corrected chi connectivity index (χ1v) is 19.5. The van der Waals surface area contributed by atoms with E-state index in [0.29, 0.717) is 52.4 Å². The van der Waals surface area contributed by atoms with Crippen molar-refractivity contribution in [2.75, 3.05) is 27.3 Å². The second-order valence-electron chi connectivity index (χ2n) is 15.6. The van der Waals surface area contributed by atoms with Gasteiger partial charge >= 0.3 is 6.09 Å². The number of H-pyrrole nitrogens is 3. The van der Waals surface area contributed by atoms with Crippen LogP contribution in [0.15, 0.2) is 66.0 Å². The fourth-order valence-corrected chi connectivity index (χ4v) is 8.05. The molecule has 5 aromatic rings. The Balaban J connectivity index is 1.13. The zero-order valence-electron chi connectivity index (χ0n) is 33.3. The van der Waals surface area contributed by atoms with Crippen molar-refractivity contribution < 1.29 is 23.9 Å². The molecule has 57 heavy (non-hydrogen) atoms. The number of nitrogens with zero attached hydrogens (tertiary/aromatic N) is 4. The van der Waals surface area contributed by atoms with Gasteiger partial charge in [0.25, 0.3) is 0 Å². The number of ether oxygens (including phenoxy) is 2. The Bertz CT molecular complexity index is 2220. The molecular formula is C42H51N9O6. The fraction of sp³-hybridized carbons (Fsp3) is 0.429. The number of pyridine rings is 1. The van der Waals surface area contributed by atoms with Gasteiger partial charge < -0.3 is 44.9 Å². The second kappa shape index (κ2) is 16.2. The third-order valence-corrected chi connectivity index (χ3v) is 11.2. The van der Waals surface area contributed by atoms with Gasteiger partial charge in [-0.05, 0) is 68.4 Å². The molecule has 2 aliphatic rings. The summed E-state index contributed by atoms with van der Waals surface area (Å²) in [4.78, 5) is 76.5. The van der Waals surface area contributed by atoms with E-state index in [1.54, 1.807) is 17.3 Å². The van der Waals surface area contributed by atoms with Gasteiger partial charge in [0.1, 0.15) is 23.7 Å². The summed E-state index contributed by atoms with van der Waals surface area (Å²) in [5.74, 6) is 1.40. The van der Waals surface area contributed by atoms with Gasteiger partial charge in [0.15, 0.2) is 11.3 Å². The number of hydrogen-bond acceptors (Lipinski definition) is 9. The van der Waals surface area contributed by atoms with Crippen LogP contribution in [0.2, 0.25) is 0 Å². The highest BCUT2D eigenvalue weighted by Gasteiger charge is 2.38. The Labute approximate surface area is 330 Å². The van der Waals surface area contributed by atoms with Crippen LogP contribution in [0.25, 0.3) is 44.3 Å².